The molecule has 0 aliphatic carbocycles. The zero-order valence-electron chi connectivity index (χ0n) is 16.5. The van der Waals surface area contributed by atoms with Gasteiger partial charge in [-0.2, -0.15) is 15.7 Å². The molecule has 1 saturated heterocycles. The minimum Gasteiger partial charge on any atom is -0.497 e. The van der Waals surface area contributed by atoms with Crippen LogP contribution >= 0.6 is 10.6 Å². The molecule has 0 spiro atoms. The summed E-state index contributed by atoms with van der Waals surface area (Å²) in [5, 5.41) is 18.0. The van der Waals surface area contributed by atoms with Crippen LogP contribution in [-0.4, -0.2) is 59.6 Å². The van der Waals surface area contributed by atoms with Gasteiger partial charge in [0.05, 0.1) is 30.9 Å². The number of pyridine rings is 1. The number of carboxylic acid groups (broad SMARTS) is 1. The molecule has 2 aromatic heterocycles. The van der Waals surface area contributed by atoms with Gasteiger partial charge < -0.3 is 15.2 Å². The van der Waals surface area contributed by atoms with Gasteiger partial charge in [-0.15, -0.1) is 0 Å². The minimum atomic E-state index is -2.51. The molecule has 3 aromatic rings. The summed E-state index contributed by atoms with van der Waals surface area (Å²) < 4.78 is 26.6. The van der Waals surface area contributed by atoms with E-state index in [1.54, 1.807) is 18.0 Å². The highest BCUT2D eigenvalue weighted by molar-refractivity contribution is 8.24. The highest BCUT2D eigenvalue weighted by Gasteiger charge is 2.26. The molecule has 1 aliphatic heterocycles. The summed E-state index contributed by atoms with van der Waals surface area (Å²) >= 11 is 0. The van der Waals surface area contributed by atoms with Crippen molar-refractivity contribution >= 4 is 33.3 Å². The third-order valence-corrected chi connectivity index (χ3v) is 7.10. The summed E-state index contributed by atoms with van der Waals surface area (Å²) in [6.45, 7) is 0.483. The number of aromatic carboxylic acids is 1. The lowest BCUT2D eigenvalue weighted by Gasteiger charge is -2.39. The van der Waals surface area contributed by atoms with Crippen molar-refractivity contribution in [1.29, 1.82) is 0 Å². The fraction of sp³-hybridized carbons (Fsp3) is 0.350. The van der Waals surface area contributed by atoms with Gasteiger partial charge >= 0.3 is 5.97 Å². The molecule has 4 rings (SSSR count). The summed E-state index contributed by atoms with van der Waals surface area (Å²) in [6.07, 6.45) is 4.09. The number of nitrogens with one attached hydrogen (secondary N) is 1. The molecule has 1 aromatic carbocycles. The summed E-state index contributed by atoms with van der Waals surface area (Å²) in [4.78, 5) is 16.1. The van der Waals surface area contributed by atoms with Crippen LogP contribution in [0.5, 0.6) is 5.75 Å². The number of carboxylic acids is 1. The number of anilines is 1. The van der Waals surface area contributed by atoms with Crippen molar-refractivity contribution in [2.45, 2.75) is 25.4 Å². The van der Waals surface area contributed by atoms with Crippen LogP contribution in [0.1, 0.15) is 28.8 Å². The Morgan fingerprint density at radius 1 is 1.23 bits per heavy atom. The molecule has 30 heavy (non-hydrogen) atoms. The van der Waals surface area contributed by atoms with E-state index in [0.29, 0.717) is 47.6 Å². The van der Waals surface area contributed by atoms with E-state index in [4.69, 9.17) is 4.74 Å². The number of hydrogen-bond donors (Lipinski definition) is 4. The standard InChI is InChI=1S/C20H24N4O5S/c1-29-15-4-2-13(3-5-15)12-24-19-16(11-22-24)18(17(10-21-19)20(25)26)23-14-6-8-30(27,28)9-7-14/h2-5,10-11,14,27-28H,6-9,12H2,1H3,(H,21,23)(H,25,26). The predicted molar refractivity (Wildman–Crippen MR) is 116 cm³/mol. The van der Waals surface area contributed by atoms with Crippen LogP contribution in [-0.2, 0) is 6.54 Å². The Bertz CT molecular complexity index is 1060. The smallest absolute Gasteiger partial charge is 0.339 e. The Hall–Kier alpha value is -2.82. The molecule has 0 saturated carbocycles. The Kier molecular flexibility index (Phi) is 5.54. The topological polar surface area (TPSA) is 130 Å². The molecule has 160 valence electrons. The molecule has 1 fully saturated rings. The van der Waals surface area contributed by atoms with Gasteiger partial charge in [0, 0.05) is 23.7 Å². The second-order valence-electron chi connectivity index (χ2n) is 7.37. The first kappa shape index (κ1) is 20.5. The summed E-state index contributed by atoms with van der Waals surface area (Å²) in [5.41, 5.74) is 2.14. The first-order chi connectivity index (χ1) is 14.4. The molecule has 0 radical (unpaired) electrons. The van der Waals surface area contributed by atoms with Crippen molar-refractivity contribution in [3.05, 3.63) is 47.8 Å². The Morgan fingerprint density at radius 3 is 2.57 bits per heavy atom. The Morgan fingerprint density at radius 2 is 1.93 bits per heavy atom. The second-order valence-corrected chi connectivity index (χ2v) is 9.79. The second kappa shape index (κ2) is 8.13. The lowest BCUT2D eigenvalue weighted by molar-refractivity contribution is 0.0697. The van der Waals surface area contributed by atoms with Crippen LogP contribution in [0.2, 0.25) is 0 Å². The lowest BCUT2D eigenvalue weighted by atomic mass is 10.1. The number of carbonyl (C=O) groups is 1. The van der Waals surface area contributed by atoms with Gasteiger partial charge in [0.25, 0.3) is 0 Å². The minimum absolute atomic E-state index is 0.0430. The quantitative estimate of drug-likeness (QED) is 0.466. The summed E-state index contributed by atoms with van der Waals surface area (Å²) in [6, 6.07) is 7.59. The number of hydrogen-bond acceptors (Lipinski definition) is 7. The number of nitrogens with zero attached hydrogens (tertiary/aromatic N) is 3. The van der Waals surface area contributed by atoms with E-state index in [-0.39, 0.29) is 11.6 Å². The van der Waals surface area contributed by atoms with Crippen molar-refractivity contribution in [3.63, 3.8) is 0 Å². The lowest BCUT2D eigenvalue weighted by Crippen LogP contribution is -2.30. The van der Waals surface area contributed by atoms with Crippen molar-refractivity contribution in [3.8, 4) is 5.75 Å². The fourth-order valence-corrected chi connectivity index (χ4v) is 5.15. The van der Waals surface area contributed by atoms with E-state index >= 15 is 0 Å². The molecule has 9 nitrogen and oxygen atoms in total. The van der Waals surface area contributed by atoms with Crippen LogP contribution in [0.25, 0.3) is 11.0 Å². The van der Waals surface area contributed by atoms with Crippen LogP contribution < -0.4 is 10.1 Å². The van der Waals surface area contributed by atoms with Gasteiger partial charge in [-0.3, -0.25) is 9.11 Å². The van der Waals surface area contributed by atoms with Gasteiger partial charge in [-0.25, -0.2) is 14.5 Å². The highest BCUT2D eigenvalue weighted by Crippen LogP contribution is 2.44. The number of ether oxygens (including phenoxy) is 1. The van der Waals surface area contributed by atoms with E-state index in [1.807, 2.05) is 24.3 Å². The molecule has 1 aliphatic rings. The zero-order chi connectivity index (χ0) is 21.3. The molecule has 0 unspecified atom stereocenters. The first-order valence-electron chi connectivity index (χ1n) is 9.57. The normalized spacial score (nSPS) is 17.6. The Labute approximate surface area is 175 Å². The van der Waals surface area contributed by atoms with E-state index in [2.05, 4.69) is 15.4 Å². The molecule has 0 amide bonds. The van der Waals surface area contributed by atoms with Crippen LogP contribution in [0, 0.1) is 0 Å². The average molecular weight is 433 g/mol. The molecular weight excluding hydrogens is 408 g/mol. The van der Waals surface area contributed by atoms with Crippen LogP contribution in [0.15, 0.2) is 36.7 Å². The summed E-state index contributed by atoms with van der Waals surface area (Å²) in [7, 11) is -0.892. The van der Waals surface area contributed by atoms with Crippen molar-refractivity contribution < 1.29 is 23.7 Å². The summed E-state index contributed by atoms with van der Waals surface area (Å²) in [5.74, 6) is 0.328. The van der Waals surface area contributed by atoms with Gasteiger partial charge in [0.15, 0.2) is 5.65 Å². The molecule has 3 heterocycles. The maximum Gasteiger partial charge on any atom is 0.339 e. The molecule has 4 N–H and O–H groups in total. The van der Waals surface area contributed by atoms with Crippen molar-refractivity contribution in [1.82, 2.24) is 14.8 Å². The van der Waals surface area contributed by atoms with E-state index < -0.39 is 16.6 Å². The molecular formula is C20H24N4O5S. The first-order valence-corrected chi connectivity index (χ1v) is 11.5. The number of fused-ring (bicyclic) bond motifs is 1. The number of methoxy groups -OCH3 is 1. The third-order valence-electron chi connectivity index (χ3n) is 5.32. The van der Waals surface area contributed by atoms with Gasteiger partial charge in [-0.1, -0.05) is 12.1 Å². The van der Waals surface area contributed by atoms with Gasteiger partial charge in [0.1, 0.15) is 11.3 Å². The SMILES string of the molecule is COc1ccc(Cn2ncc3c(NC4CCS(O)(O)CC4)c(C(=O)O)cnc32)cc1. The van der Waals surface area contributed by atoms with E-state index in [0.717, 1.165) is 11.3 Å². The largest absolute Gasteiger partial charge is 0.497 e. The molecule has 0 atom stereocenters. The predicted octanol–water partition coefficient (Wildman–Crippen LogP) is 3.51. The highest BCUT2D eigenvalue weighted by atomic mass is 32.3. The van der Waals surface area contributed by atoms with E-state index in [1.165, 1.54) is 6.20 Å². The average Bonchev–Trinajstić information content (AvgIpc) is 3.13. The zero-order valence-corrected chi connectivity index (χ0v) is 17.3. The Balaban J connectivity index is 1.64. The number of aromatic nitrogens is 3. The van der Waals surface area contributed by atoms with Crippen molar-refractivity contribution in [2.24, 2.45) is 0 Å². The van der Waals surface area contributed by atoms with Gasteiger partial charge in [0.2, 0.25) is 0 Å². The number of rotatable bonds is 6. The maximum atomic E-state index is 11.8. The molecule has 10 heteroatoms. The third kappa shape index (κ3) is 4.20. The van der Waals surface area contributed by atoms with Gasteiger partial charge in [-0.05, 0) is 30.5 Å². The monoisotopic (exact) mass is 432 g/mol. The number of benzene rings is 1. The van der Waals surface area contributed by atoms with Crippen LogP contribution in [0.4, 0.5) is 5.69 Å². The van der Waals surface area contributed by atoms with E-state index in [9.17, 15) is 19.0 Å². The maximum absolute atomic E-state index is 11.8. The van der Waals surface area contributed by atoms with Crippen LogP contribution in [0.3, 0.4) is 0 Å². The fourth-order valence-electron chi connectivity index (χ4n) is 3.62. The molecule has 0 bridgehead atoms. The van der Waals surface area contributed by atoms with Crippen molar-refractivity contribution in [2.75, 3.05) is 23.9 Å².